The molecule has 26 heavy (non-hydrogen) atoms. The van der Waals surface area contributed by atoms with E-state index in [0.29, 0.717) is 19.7 Å². The molecular weight excluding hydrogens is 394 g/mol. The zero-order valence-electron chi connectivity index (χ0n) is 15.6. The topological polar surface area (TPSA) is 38.8 Å². The molecule has 1 aliphatic rings. The monoisotopic (exact) mass is 419 g/mol. The maximum atomic E-state index is 12.1. The van der Waals surface area contributed by atoms with Gasteiger partial charge in [0.1, 0.15) is 5.60 Å². The van der Waals surface area contributed by atoms with Crippen LogP contribution in [-0.4, -0.2) is 35.8 Å². The average Bonchev–Trinajstić information content (AvgIpc) is 2.60. The molecule has 0 bridgehead atoms. The number of hydrogen-bond donors (Lipinski definition) is 0. The summed E-state index contributed by atoms with van der Waals surface area (Å²) in [5.74, 6) is 0. The number of benzene rings is 2. The molecule has 1 amide bonds. The molecular formula is C21H26BrNO3. The summed E-state index contributed by atoms with van der Waals surface area (Å²) < 4.78 is 12.7. The number of carbonyl (C=O) groups excluding carboxylic acids is 1. The Bertz CT molecular complexity index is 776. The van der Waals surface area contributed by atoms with Gasteiger partial charge in [-0.3, -0.25) is 0 Å². The van der Waals surface area contributed by atoms with Crippen LogP contribution in [0.5, 0.6) is 0 Å². The summed E-state index contributed by atoms with van der Waals surface area (Å²) in [5, 5.41) is 2.42. The molecule has 0 unspecified atom stereocenters. The average molecular weight is 420 g/mol. The molecule has 1 heterocycles. The lowest BCUT2D eigenvalue weighted by atomic mass is 10.1. The summed E-state index contributed by atoms with van der Waals surface area (Å²) in [6.45, 7) is 7.60. The lowest BCUT2D eigenvalue weighted by Crippen LogP contribution is -2.43. The lowest BCUT2D eigenvalue weighted by molar-refractivity contribution is -0.0171. The molecule has 140 valence electrons. The van der Waals surface area contributed by atoms with Crippen LogP contribution in [0, 0.1) is 0 Å². The second-order valence-electron chi connectivity index (χ2n) is 7.74. The Labute approximate surface area is 163 Å². The van der Waals surface area contributed by atoms with Gasteiger partial charge in [-0.15, -0.1) is 0 Å². The predicted molar refractivity (Wildman–Crippen MR) is 107 cm³/mol. The molecule has 1 saturated heterocycles. The summed E-state index contributed by atoms with van der Waals surface area (Å²) >= 11 is 3.71. The fourth-order valence-corrected chi connectivity index (χ4v) is 3.74. The van der Waals surface area contributed by atoms with Gasteiger partial charge < -0.3 is 14.4 Å². The van der Waals surface area contributed by atoms with Crippen molar-refractivity contribution in [3.63, 3.8) is 0 Å². The van der Waals surface area contributed by atoms with Crippen LogP contribution in [0.3, 0.4) is 0 Å². The molecule has 2 aromatic carbocycles. The van der Waals surface area contributed by atoms with Crippen molar-refractivity contribution >= 4 is 32.8 Å². The fraction of sp³-hybridized carbons (Fsp3) is 0.476. The van der Waals surface area contributed by atoms with Crippen molar-refractivity contribution in [3.05, 3.63) is 46.4 Å². The highest BCUT2D eigenvalue weighted by atomic mass is 79.9. The number of ether oxygens (including phenoxy) is 2. The first-order valence-corrected chi connectivity index (χ1v) is 9.88. The first-order valence-electron chi connectivity index (χ1n) is 9.09. The van der Waals surface area contributed by atoms with Crippen LogP contribution < -0.4 is 0 Å². The molecule has 4 nitrogen and oxygen atoms in total. The number of hydrogen-bond acceptors (Lipinski definition) is 3. The van der Waals surface area contributed by atoms with Gasteiger partial charge in [-0.2, -0.15) is 0 Å². The Morgan fingerprint density at radius 1 is 1.15 bits per heavy atom. The molecule has 0 aliphatic carbocycles. The van der Waals surface area contributed by atoms with Crippen molar-refractivity contribution in [2.45, 2.75) is 51.9 Å². The zero-order valence-corrected chi connectivity index (χ0v) is 17.2. The van der Waals surface area contributed by atoms with E-state index in [4.69, 9.17) is 9.47 Å². The van der Waals surface area contributed by atoms with E-state index >= 15 is 0 Å². The van der Waals surface area contributed by atoms with Gasteiger partial charge in [0.2, 0.25) is 0 Å². The highest BCUT2D eigenvalue weighted by molar-refractivity contribution is 9.10. The van der Waals surface area contributed by atoms with Crippen LogP contribution in [0.4, 0.5) is 4.79 Å². The van der Waals surface area contributed by atoms with Crippen LogP contribution in [0.2, 0.25) is 0 Å². The number of likely N-dealkylation sites (tertiary alicyclic amines) is 1. The molecule has 3 rings (SSSR count). The van der Waals surface area contributed by atoms with Gasteiger partial charge in [0, 0.05) is 17.6 Å². The maximum absolute atomic E-state index is 12.1. The number of amides is 1. The summed E-state index contributed by atoms with van der Waals surface area (Å²) in [7, 11) is 0. The van der Waals surface area contributed by atoms with Crippen LogP contribution in [0.25, 0.3) is 10.8 Å². The highest BCUT2D eigenvalue weighted by Crippen LogP contribution is 2.29. The molecule has 0 radical (unpaired) electrons. The first-order chi connectivity index (χ1) is 12.3. The minimum atomic E-state index is -0.452. The second-order valence-corrected chi connectivity index (χ2v) is 8.53. The Morgan fingerprint density at radius 3 is 2.54 bits per heavy atom. The standard InChI is InChI=1S/C21H26BrNO3/c1-21(2,3)26-20(24)23-12-10-17(11-13-23)25-14-16-9-8-15-6-4-5-7-18(15)19(16)22/h4-9,17H,10-14H2,1-3H3. The van der Waals surface area contributed by atoms with Crippen LogP contribution in [0.1, 0.15) is 39.2 Å². The molecule has 1 fully saturated rings. The summed E-state index contributed by atoms with van der Waals surface area (Å²) in [5.41, 5.74) is 0.700. The molecule has 0 aromatic heterocycles. The number of nitrogens with zero attached hydrogens (tertiary/aromatic N) is 1. The van der Waals surface area contributed by atoms with E-state index in [-0.39, 0.29) is 12.2 Å². The normalized spacial score (nSPS) is 16.1. The van der Waals surface area contributed by atoms with Gasteiger partial charge >= 0.3 is 6.09 Å². The van der Waals surface area contributed by atoms with Gasteiger partial charge in [0.05, 0.1) is 12.7 Å². The smallest absolute Gasteiger partial charge is 0.410 e. The van der Waals surface area contributed by atoms with Crippen LogP contribution in [0.15, 0.2) is 40.9 Å². The number of fused-ring (bicyclic) bond motifs is 1. The van der Waals surface area contributed by atoms with E-state index in [9.17, 15) is 4.79 Å². The van der Waals surface area contributed by atoms with Crippen molar-refractivity contribution in [1.82, 2.24) is 4.90 Å². The van der Waals surface area contributed by atoms with Crippen molar-refractivity contribution in [2.75, 3.05) is 13.1 Å². The minimum absolute atomic E-state index is 0.173. The summed E-state index contributed by atoms with van der Waals surface area (Å²) in [4.78, 5) is 13.9. The number of carbonyl (C=O) groups is 1. The summed E-state index contributed by atoms with van der Waals surface area (Å²) in [6.07, 6.45) is 1.62. The van der Waals surface area contributed by atoms with Crippen molar-refractivity contribution < 1.29 is 14.3 Å². The molecule has 0 N–H and O–H groups in total. The maximum Gasteiger partial charge on any atom is 0.410 e. The van der Waals surface area contributed by atoms with E-state index in [1.807, 2.05) is 32.9 Å². The predicted octanol–water partition coefficient (Wildman–Crippen LogP) is 5.52. The van der Waals surface area contributed by atoms with Gasteiger partial charge in [-0.1, -0.05) is 36.4 Å². The third-order valence-electron chi connectivity index (χ3n) is 4.51. The van der Waals surface area contributed by atoms with Gasteiger partial charge in [-0.25, -0.2) is 4.79 Å². The van der Waals surface area contributed by atoms with Crippen LogP contribution >= 0.6 is 15.9 Å². The number of rotatable bonds is 3. The van der Waals surface area contributed by atoms with Gasteiger partial charge in [0.15, 0.2) is 0 Å². The Hall–Kier alpha value is -1.59. The molecule has 2 aromatic rings. The molecule has 0 atom stereocenters. The Kier molecular flexibility index (Phi) is 5.88. The SMILES string of the molecule is CC(C)(C)OC(=O)N1CCC(OCc2ccc3ccccc3c2Br)CC1. The Morgan fingerprint density at radius 2 is 1.85 bits per heavy atom. The number of halogens is 1. The summed E-state index contributed by atoms with van der Waals surface area (Å²) in [6, 6.07) is 12.6. The molecule has 0 saturated carbocycles. The van der Waals surface area contributed by atoms with E-state index < -0.39 is 5.60 Å². The van der Waals surface area contributed by atoms with Gasteiger partial charge in [-0.05, 0) is 65.9 Å². The minimum Gasteiger partial charge on any atom is -0.444 e. The molecule has 0 spiro atoms. The largest absolute Gasteiger partial charge is 0.444 e. The zero-order chi connectivity index (χ0) is 18.7. The van der Waals surface area contributed by atoms with E-state index in [1.54, 1.807) is 4.90 Å². The third kappa shape index (κ3) is 4.77. The molecule has 5 heteroatoms. The molecule has 1 aliphatic heterocycles. The number of piperidine rings is 1. The van der Waals surface area contributed by atoms with E-state index in [1.165, 1.54) is 10.8 Å². The highest BCUT2D eigenvalue weighted by Gasteiger charge is 2.27. The first kappa shape index (κ1) is 19.2. The third-order valence-corrected chi connectivity index (χ3v) is 5.45. The van der Waals surface area contributed by atoms with Crippen molar-refractivity contribution in [1.29, 1.82) is 0 Å². The van der Waals surface area contributed by atoms with Crippen molar-refractivity contribution in [3.8, 4) is 0 Å². The van der Waals surface area contributed by atoms with Gasteiger partial charge in [0.25, 0.3) is 0 Å². The fourth-order valence-electron chi connectivity index (χ4n) is 3.13. The van der Waals surface area contributed by atoms with E-state index in [0.717, 1.165) is 22.9 Å². The van der Waals surface area contributed by atoms with Crippen molar-refractivity contribution in [2.24, 2.45) is 0 Å². The second kappa shape index (κ2) is 7.97. The Balaban J connectivity index is 1.53. The quantitative estimate of drug-likeness (QED) is 0.657. The van der Waals surface area contributed by atoms with E-state index in [2.05, 4.69) is 40.2 Å². The lowest BCUT2D eigenvalue weighted by Gasteiger charge is -2.33. The van der Waals surface area contributed by atoms with Crippen LogP contribution in [-0.2, 0) is 16.1 Å².